The van der Waals surface area contributed by atoms with E-state index in [1.165, 1.54) is 17.0 Å². The second-order valence-corrected chi connectivity index (χ2v) is 4.14. The zero-order valence-electron chi connectivity index (χ0n) is 10.3. The van der Waals surface area contributed by atoms with Gasteiger partial charge in [-0.05, 0) is 18.1 Å². The Morgan fingerprint density at radius 2 is 2.32 bits per heavy atom. The van der Waals surface area contributed by atoms with Gasteiger partial charge in [0.05, 0.1) is 12.2 Å². The van der Waals surface area contributed by atoms with Crippen LogP contribution in [-0.4, -0.2) is 40.2 Å². The van der Waals surface area contributed by atoms with Crippen LogP contribution in [0.4, 0.5) is 4.79 Å². The Bertz CT molecular complexity index is 527. The lowest BCUT2D eigenvalue weighted by atomic mass is 10.0. The minimum Gasteiger partial charge on any atom is -0.477 e. The van der Waals surface area contributed by atoms with Crippen molar-refractivity contribution in [3.8, 4) is 0 Å². The maximum absolute atomic E-state index is 11.7. The molecule has 0 saturated carbocycles. The van der Waals surface area contributed by atoms with Gasteiger partial charge in [-0.15, -0.1) is 0 Å². The number of aromatic nitrogens is 1. The number of hydrogen-bond donors (Lipinski definition) is 1. The zero-order chi connectivity index (χ0) is 13.8. The first-order valence-corrected chi connectivity index (χ1v) is 5.86. The lowest BCUT2D eigenvalue weighted by Crippen LogP contribution is -2.37. The number of amides is 1. The number of carbonyl (C=O) groups excluding carboxylic acids is 1. The highest BCUT2D eigenvalue weighted by atomic mass is 16.6. The van der Waals surface area contributed by atoms with Crippen LogP contribution < -0.4 is 0 Å². The van der Waals surface area contributed by atoms with Crippen molar-refractivity contribution < 1.29 is 19.4 Å². The number of fused-ring (bicyclic) bond motifs is 1. The van der Waals surface area contributed by atoms with Crippen LogP contribution in [0.2, 0.25) is 0 Å². The summed E-state index contributed by atoms with van der Waals surface area (Å²) in [5.74, 6) is -1.07. The summed E-state index contributed by atoms with van der Waals surface area (Å²) in [6, 6.07) is 3.23. The number of hydrogen-bond acceptors (Lipinski definition) is 4. The molecule has 1 aliphatic heterocycles. The number of aromatic carboxylic acids is 1. The molecule has 6 nitrogen and oxygen atoms in total. The highest BCUT2D eigenvalue weighted by molar-refractivity contribution is 5.85. The van der Waals surface area contributed by atoms with Crippen molar-refractivity contribution in [2.75, 3.05) is 13.2 Å². The maximum Gasteiger partial charge on any atom is 0.410 e. The molecular formula is C13H14N2O4. The Morgan fingerprint density at radius 3 is 3.00 bits per heavy atom. The third kappa shape index (κ3) is 2.90. The van der Waals surface area contributed by atoms with Crippen molar-refractivity contribution in [1.29, 1.82) is 0 Å². The van der Waals surface area contributed by atoms with E-state index in [9.17, 15) is 9.59 Å². The lowest BCUT2D eigenvalue weighted by Gasteiger charge is -2.27. The van der Waals surface area contributed by atoms with E-state index in [0.717, 1.165) is 5.56 Å². The average Bonchev–Trinajstić information content (AvgIpc) is 2.43. The summed E-state index contributed by atoms with van der Waals surface area (Å²) in [4.78, 5) is 28.1. The Morgan fingerprint density at radius 1 is 1.53 bits per heavy atom. The third-order valence-corrected chi connectivity index (χ3v) is 2.86. The fourth-order valence-corrected chi connectivity index (χ4v) is 1.91. The topological polar surface area (TPSA) is 79.7 Å². The maximum atomic E-state index is 11.7. The quantitative estimate of drug-likeness (QED) is 0.834. The molecule has 1 amide bonds. The number of carboxylic acid groups (broad SMARTS) is 1. The second kappa shape index (κ2) is 5.51. The number of ether oxygens (including phenoxy) is 1. The highest BCUT2D eigenvalue weighted by Crippen LogP contribution is 2.18. The van der Waals surface area contributed by atoms with E-state index in [-0.39, 0.29) is 18.8 Å². The minimum absolute atomic E-state index is 0.0138. The molecular weight excluding hydrogens is 248 g/mol. The van der Waals surface area contributed by atoms with Crippen molar-refractivity contribution >= 4 is 12.1 Å². The van der Waals surface area contributed by atoms with Gasteiger partial charge >= 0.3 is 12.1 Å². The molecule has 0 spiro atoms. The third-order valence-electron chi connectivity index (χ3n) is 2.86. The van der Waals surface area contributed by atoms with Crippen molar-refractivity contribution in [3.63, 3.8) is 0 Å². The summed E-state index contributed by atoms with van der Waals surface area (Å²) < 4.78 is 4.95. The summed E-state index contributed by atoms with van der Waals surface area (Å²) in [5.41, 5.74) is 1.57. The van der Waals surface area contributed by atoms with Gasteiger partial charge in [0.15, 0.2) is 0 Å². The fraction of sp³-hybridized carbons (Fsp3) is 0.308. The van der Waals surface area contributed by atoms with Crippen LogP contribution >= 0.6 is 0 Å². The Hall–Kier alpha value is -2.37. The average molecular weight is 262 g/mol. The van der Waals surface area contributed by atoms with E-state index in [4.69, 9.17) is 9.84 Å². The second-order valence-electron chi connectivity index (χ2n) is 4.14. The molecule has 1 N–H and O–H groups in total. The predicted octanol–water partition coefficient (Wildman–Crippen LogP) is 1.46. The number of carboxylic acids is 1. The summed E-state index contributed by atoms with van der Waals surface area (Å²) in [6.45, 7) is 4.44. The Labute approximate surface area is 110 Å². The van der Waals surface area contributed by atoms with Crippen molar-refractivity contribution in [2.24, 2.45) is 0 Å². The van der Waals surface area contributed by atoms with Gasteiger partial charge in [0.2, 0.25) is 0 Å². The summed E-state index contributed by atoms with van der Waals surface area (Å²) in [6.07, 6.45) is 1.70. The number of pyridine rings is 1. The number of rotatable bonds is 3. The molecule has 1 aliphatic rings. The van der Waals surface area contributed by atoms with E-state index in [2.05, 4.69) is 11.6 Å². The van der Waals surface area contributed by atoms with Crippen molar-refractivity contribution in [2.45, 2.75) is 13.0 Å². The molecule has 1 aromatic heterocycles. The van der Waals surface area contributed by atoms with Gasteiger partial charge in [-0.1, -0.05) is 18.7 Å². The molecule has 19 heavy (non-hydrogen) atoms. The van der Waals surface area contributed by atoms with E-state index in [0.29, 0.717) is 18.7 Å². The SMILES string of the molecule is C=CCOC(=O)N1CCc2ccc(C(=O)O)nc2C1. The Kier molecular flexibility index (Phi) is 3.79. The first kappa shape index (κ1) is 13.1. The van der Waals surface area contributed by atoms with Gasteiger partial charge in [-0.2, -0.15) is 0 Å². The van der Waals surface area contributed by atoms with Crippen molar-refractivity contribution in [3.05, 3.63) is 41.7 Å². The molecule has 100 valence electrons. The highest BCUT2D eigenvalue weighted by Gasteiger charge is 2.23. The number of nitrogens with zero attached hydrogens (tertiary/aromatic N) is 2. The predicted molar refractivity (Wildman–Crippen MR) is 66.9 cm³/mol. The Balaban J connectivity index is 2.13. The first-order valence-electron chi connectivity index (χ1n) is 5.86. The summed E-state index contributed by atoms with van der Waals surface area (Å²) in [5, 5.41) is 8.90. The van der Waals surface area contributed by atoms with Gasteiger partial charge < -0.3 is 14.7 Å². The molecule has 1 aromatic rings. The van der Waals surface area contributed by atoms with Gasteiger partial charge in [0.1, 0.15) is 12.3 Å². The normalized spacial score (nSPS) is 13.6. The van der Waals surface area contributed by atoms with Crippen LogP contribution in [-0.2, 0) is 17.7 Å². The van der Waals surface area contributed by atoms with E-state index in [1.54, 1.807) is 6.07 Å². The molecule has 0 aromatic carbocycles. The smallest absolute Gasteiger partial charge is 0.410 e. The van der Waals surface area contributed by atoms with E-state index < -0.39 is 12.1 Å². The molecule has 0 aliphatic carbocycles. The summed E-state index contributed by atoms with van der Waals surface area (Å²) >= 11 is 0. The van der Waals surface area contributed by atoms with Gasteiger partial charge in [-0.3, -0.25) is 0 Å². The van der Waals surface area contributed by atoms with Crippen LogP contribution in [0.3, 0.4) is 0 Å². The monoisotopic (exact) mass is 262 g/mol. The lowest BCUT2D eigenvalue weighted by molar-refractivity contribution is 0.0690. The zero-order valence-corrected chi connectivity index (χ0v) is 10.3. The van der Waals surface area contributed by atoms with Crippen molar-refractivity contribution in [1.82, 2.24) is 9.88 Å². The van der Waals surface area contributed by atoms with Gasteiger partial charge in [0.25, 0.3) is 0 Å². The first-order chi connectivity index (χ1) is 9.11. The molecule has 2 heterocycles. The molecule has 0 unspecified atom stereocenters. The van der Waals surface area contributed by atoms with Crippen LogP contribution in [0, 0.1) is 0 Å². The van der Waals surface area contributed by atoms with Gasteiger partial charge in [0, 0.05) is 6.54 Å². The van der Waals surface area contributed by atoms with Crippen LogP contribution in [0.15, 0.2) is 24.8 Å². The molecule has 0 bridgehead atoms. The van der Waals surface area contributed by atoms with Gasteiger partial charge in [-0.25, -0.2) is 14.6 Å². The largest absolute Gasteiger partial charge is 0.477 e. The number of carbonyl (C=O) groups is 2. The molecule has 0 atom stereocenters. The minimum atomic E-state index is -1.07. The molecule has 6 heteroatoms. The molecule has 0 saturated heterocycles. The van der Waals surface area contributed by atoms with Crippen LogP contribution in [0.1, 0.15) is 21.7 Å². The van der Waals surface area contributed by atoms with Crippen LogP contribution in [0.25, 0.3) is 0 Å². The van der Waals surface area contributed by atoms with E-state index >= 15 is 0 Å². The molecule has 2 rings (SSSR count). The molecule has 0 fully saturated rings. The van der Waals surface area contributed by atoms with E-state index in [1.807, 2.05) is 0 Å². The van der Waals surface area contributed by atoms with Crippen LogP contribution in [0.5, 0.6) is 0 Å². The fourth-order valence-electron chi connectivity index (χ4n) is 1.91. The molecule has 0 radical (unpaired) electrons. The summed E-state index contributed by atoms with van der Waals surface area (Å²) in [7, 11) is 0. The standard InChI is InChI=1S/C13H14N2O4/c1-2-7-19-13(18)15-6-5-9-3-4-10(12(16)17)14-11(9)8-15/h2-4H,1,5-8H2,(H,16,17).